The second kappa shape index (κ2) is 16.4. The molecule has 1 amide bonds. The number of aryl methyl sites for hydroxylation is 1. The Morgan fingerprint density at radius 2 is 1.42 bits per heavy atom. The zero-order valence-corrected chi connectivity index (χ0v) is 19.4. The lowest BCUT2D eigenvalue weighted by molar-refractivity contribution is -0.116. The summed E-state index contributed by atoms with van der Waals surface area (Å²) in [5.41, 5.74) is 0.424. The van der Waals surface area contributed by atoms with Gasteiger partial charge in [-0.2, -0.15) is 0 Å². The predicted octanol–water partition coefficient (Wildman–Crippen LogP) is 7.37. The molecule has 1 aromatic carbocycles. The van der Waals surface area contributed by atoms with Crippen molar-refractivity contribution in [2.75, 3.05) is 5.32 Å². The second-order valence-corrected chi connectivity index (χ2v) is 8.34. The Labute approximate surface area is 188 Å². The van der Waals surface area contributed by atoms with E-state index in [1.165, 1.54) is 63.5 Å². The van der Waals surface area contributed by atoms with Crippen LogP contribution in [0, 0.1) is 6.92 Å². The van der Waals surface area contributed by atoms with Crippen LogP contribution in [0.25, 0.3) is 0 Å². The number of aromatic hydroxyl groups is 1. The number of hydrogen-bond donors (Lipinski definition) is 3. The number of unbranched alkanes of at least 4 members (excludes halogenated alkanes) is 11. The van der Waals surface area contributed by atoms with Crippen molar-refractivity contribution in [3.8, 4) is 5.75 Å². The van der Waals surface area contributed by atoms with E-state index in [0.29, 0.717) is 12.0 Å². The molecular weight excluding hydrogens is 390 g/mol. The smallest absolute Gasteiger partial charge is 0.337 e. The minimum atomic E-state index is -1.17. The maximum atomic E-state index is 12.2. The summed E-state index contributed by atoms with van der Waals surface area (Å²) in [6, 6.07) is 2.92. The van der Waals surface area contributed by atoms with E-state index in [1.807, 2.05) is 0 Å². The fourth-order valence-electron chi connectivity index (χ4n) is 3.56. The number of phenols is 1. The van der Waals surface area contributed by atoms with Gasteiger partial charge in [-0.3, -0.25) is 4.79 Å². The fraction of sp³-hybridized carbons (Fsp3) is 0.615. The summed E-state index contributed by atoms with van der Waals surface area (Å²) in [5.74, 6) is -1.62. The van der Waals surface area contributed by atoms with Gasteiger partial charge in [-0.25, -0.2) is 4.79 Å². The molecule has 0 saturated heterocycles. The van der Waals surface area contributed by atoms with Crippen molar-refractivity contribution in [3.63, 3.8) is 0 Å². The van der Waals surface area contributed by atoms with E-state index in [-0.39, 0.29) is 22.9 Å². The topological polar surface area (TPSA) is 86.6 Å². The van der Waals surface area contributed by atoms with Gasteiger partial charge in [0.15, 0.2) is 0 Å². The van der Waals surface area contributed by atoms with Gasteiger partial charge in [0.05, 0.1) is 11.3 Å². The van der Waals surface area contributed by atoms with Gasteiger partial charge in [0.25, 0.3) is 0 Å². The van der Waals surface area contributed by atoms with Gasteiger partial charge in [-0.15, -0.1) is 0 Å². The maximum Gasteiger partial charge on any atom is 0.337 e. The van der Waals surface area contributed by atoms with Gasteiger partial charge < -0.3 is 15.5 Å². The largest absolute Gasteiger partial charge is 0.505 e. The second-order valence-electron chi connectivity index (χ2n) is 8.34. The van der Waals surface area contributed by atoms with Crippen molar-refractivity contribution >= 4 is 17.6 Å². The first-order valence-electron chi connectivity index (χ1n) is 12.0. The molecule has 0 unspecified atom stereocenters. The summed E-state index contributed by atoms with van der Waals surface area (Å²) in [6.07, 6.45) is 20.5. The number of carboxylic acid groups (broad SMARTS) is 1. The first-order chi connectivity index (χ1) is 15.0. The Bertz CT molecular complexity index is 697. The first kappa shape index (κ1) is 26.7. The SMILES string of the molecule is CCCCCCCC/C=C\CCCCCCCC(=O)Nc1c(C(=O)O)ccc(C)c1O. The number of carbonyl (C=O) groups excluding carboxylic acids is 1. The molecular formula is C26H41NO4. The number of allylic oxidation sites excluding steroid dienone is 2. The number of carboxylic acids is 1. The van der Waals surface area contributed by atoms with Gasteiger partial charge >= 0.3 is 5.97 Å². The van der Waals surface area contributed by atoms with Crippen molar-refractivity contribution in [1.29, 1.82) is 0 Å². The third-order valence-electron chi connectivity index (χ3n) is 5.54. The Balaban J connectivity index is 2.10. The highest BCUT2D eigenvalue weighted by molar-refractivity contribution is 6.02. The van der Waals surface area contributed by atoms with Crippen LogP contribution in [0.4, 0.5) is 5.69 Å². The molecule has 0 aromatic heterocycles. The fourth-order valence-corrected chi connectivity index (χ4v) is 3.56. The first-order valence-corrected chi connectivity index (χ1v) is 12.0. The lowest BCUT2D eigenvalue weighted by Crippen LogP contribution is -2.14. The standard InChI is InChI=1S/C26H41NO4/c1-3-4-5-6-7-8-9-10-11-12-13-14-15-16-17-18-23(28)27-24-22(26(30)31)20-19-21(2)25(24)29/h10-11,19-20,29H,3-9,12-18H2,1-2H3,(H,27,28)(H,30,31)/b11-10-. The van der Waals surface area contributed by atoms with Gasteiger partial charge in [0.1, 0.15) is 5.75 Å². The van der Waals surface area contributed by atoms with Crippen LogP contribution < -0.4 is 5.32 Å². The highest BCUT2D eigenvalue weighted by Crippen LogP contribution is 2.31. The number of hydrogen-bond acceptors (Lipinski definition) is 3. The number of benzene rings is 1. The van der Waals surface area contributed by atoms with Crippen LogP contribution >= 0.6 is 0 Å². The molecule has 0 aliphatic heterocycles. The van der Waals surface area contributed by atoms with Gasteiger partial charge in [0, 0.05) is 6.42 Å². The number of phenolic OH excluding ortho intramolecular Hbond substituents is 1. The number of rotatable bonds is 17. The molecule has 0 spiro atoms. The molecule has 0 heterocycles. The molecule has 0 aliphatic rings. The van der Waals surface area contributed by atoms with E-state index < -0.39 is 5.97 Å². The summed E-state index contributed by atoms with van der Waals surface area (Å²) in [5, 5.41) is 21.9. The summed E-state index contributed by atoms with van der Waals surface area (Å²) >= 11 is 0. The van der Waals surface area contributed by atoms with Crippen LogP contribution in [0.5, 0.6) is 5.75 Å². The monoisotopic (exact) mass is 431 g/mol. The van der Waals surface area contributed by atoms with Crippen LogP contribution in [-0.4, -0.2) is 22.1 Å². The summed E-state index contributed by atoms with van der Waals surface area (Å²) in [4.78, 5) is 23.5. The van der Waals surface area contributed by atoms with Crippen LogP contribution in [0.2, 0.25) is 0 Å². The molecule has 31 heavy (non-hydrogen) atoms. The van der Waals surface area contributed by atoms with E-state index in [0.717, 1.165) is 32.1 Å². The molecule has 174 valence electrons. The lowest BCUT2D eigenvalue weighted by atomic mass is 10.1. The van der Waals surface area contributed by atoms with Crippen molar-refractivity contribution in [2.24, 2.45) is 0 Å². The molecule has 0 fully saturated rings. The van der Waals surface area contributed by atoms with E-state index in [1.54, 1.807) is 6.92 Å². The number of anilines is 1. The zero-order chi connectivity index (χ0) is 22.9. The molecule has 5 nitrogen and oxygen atoms in total. The zero-order valence-electron chi connectivity index (χ0n) is 19.4. The van der Waals surface area contributed by atoms with Gasteiger partial charge in [0.2, 0.25) is 5.91 Å². The minimum absolute atomic E-state index is 0.00903. The predicted molar refractivity (Wildman–Crippen MR) is 128 cm³/mol. The highest BCUT2D eigenvalue weighted by Gasteiger charge is 2.17. The number of aromatic carboxylic acids is 1. The third kappa shape index (κ3) is 11.6. The average Bonchev–Trinajstić information content (AvgIpc) is 2.74. The Morgan fingerprint density at radius 3 is 2.00 bits per heavy atom. The number of amides is 1. The van der Waals surface area contributed by atoms with E-state index in [2.05, 4.69) is 24.4 Å². The molecule has 1 rings (SSSR count). The summed E-state index contributed by atoms with van der Waals surface area (Å²) in [6.45, 7) is 3.91. The molecule has 0 atom stereocenters. The Kier molecular flexibility index (Phi) is 14.1. The van der Waals surface area contributed by atoms with E-state index >= 15 is 0 Å². The normalized spacial score (nSPS) is 11.2. The molecule has 0 bridgehead atoms. The Hall–Kier alpha value is -2.30. The summed E-state index contributed by atoms with van der Waals surface area (Å²) in [7, 11) is 0. The van der Waals surface area contributed by atoms with E-state index in [9.17, 15) is 19.8 Å². The van der Waals surface area contributed by atoms with Crippen molar-refractivity contribution in [1.82, 2.24) is 0 Å². The Morgan fingerprint density at radius 1 is 0.871 bits per heavy atom. The molecule has 5 heteroatoms. The molecule has 0 radical (unpaired) electrons. The van der Waals surface area contributed by atoms with Gasteiger partial charge in [-0.1, -0.05) is 76.5 Å². The lowest BCUT2D eigenvalue weighted by Gasteiger charge is -2.12. The van der Waals surface area contributed by atoms with Crippen LogP contribution in [0.3, 0.4) is 0 Å². The van der Waals surface area contributed by atoms with Gasteiger partial charge in [-0.05, 0) is 50.7 Å². The highest BCUT2D eigenvalue weighted by atomic mass is 16.4. The quantitative estimate of drug-likeness (QED) is 0.136. The van der Waals surface area contributed by atoms with Crippen molar-refractivity contribution in [3.05, 3.63) is 35.4 Å². The number of carbonyl (C=O) groups is 2. The number of nitrogens with one attached hydrogen (secondary N) is 1. The third-order valence-corrected chi connectivity index (χ3v) is 5.54. The molecule has 0 saturated carbocycles. The van der Waals surface area contributed by atoms with Crippen molar-refractivity contribution in [2.45, 2.75) is 104 Å². The van der Waals surface area contributed by atoms with Crippen LogP contribution in [-0.2, 0) is 4.79 Å². The van der Waals surface area contributed by atoms with Crippen molar-refractivity contribution < 1.29 is 19.8 Å². The molecule has 0 aliphatic carbocycles. The maximum absolute atomic E-state index is 12.2. The molecule has 1 aromatic rings. The minimum Gasteiger partial charge on any atom is -0.505 e. The van der Waals surface area contributed by atoms with Crippen LogP contribution in [0.15, 0.2) is 24.3 Å². The van der Waals surface area contributed by atoms with Crippen LogP contribution in [0.1, 0.15) is 113 Å². The summed E-state index contributed by atoms with van der Waals surface area (Å²) < 4.78 is 0. The van der Waals surface area contributed by atoms with E-state index in [4.69, 9.17) is 0 Å². The average molecular weight is 432 g/mol. The molecule has 3 N–H and O–H groups in total.